The molecule has 0 aromatic heterocycles. The summed E-state index contributed by atoms with van der Waals surface area (Å²) in [5, 5.41) is 18.4. The van der Waals surface area contributed by atoms with Crippen molar-refractivity contribution in [3.05, 3.63) is 29.8 Å². The van der Waals surface area contributed by atoms with Gasteiger partial charge >= 0.3 is 6.09 Å². The fourth-order valence-electron chi connectivity index (χ4n) is 1.76. The number of hydrogen-bond donors (Lipinski definition) is 2. The lowest BCUT2D eigenvalue weighted by Crippen LogP contribution is -2.41. The Morgan fingerprint density at radius 1 is 1.43 bits per heavy atom. The molecule has 4 nitrogen and oxygen atoms in total. The first-order valence-electron chi connectivity index (χ1n) is 4.45. The monoisotopic (exact) mass is 193 g/mol. The summed E-state index contributed by atoms with van der Waals surface area (Å²) in [5.41, 5.74) is 1.57. The number of fused-ring (bicyclic) bond motifs is 1. The third-order valence-electron chi connectivity index (χ3n) is 2.36. The van der Waals surface area contributed by atoms with Crippen LogP contribution >= 0.6 is 0 Å². The van der Waals surface area contributed by atoms with Crippen LogP contribution in [0.4, 0.5) is 10.5 Å². The molecule has 1 aromatic carbocycles. The van der Waals surface area contributed by atoms with Crippen molar-refractivity contribution in [1.29, 1.82) is 0 Å². The number of aliphatic hydroxyl groups is 1. The summed E-state index contributed by atoms with van der Waals surface area (Å²) in [5.74, 6) is 0. The Balaban J connectivity index is 2.43. The molecule has 4 heteroatoms. The molecule has 0 fully saturated rings. The second-order valence-corrected chi connectivity index (χ2v) is 3.38. The first-order chi connectivity index (χ1) is 6.68. The van der Waals surface area contributed by atoms with Crippen LogP contribution in [0.3, 0.4) is 0 Å². The van der Waals surface area contributed by atoms with E-state index in [1.807, 2.05) is 12.1 Å². The summed E-state index contributed by atoms with van der Waals surface area (Å²) >= 11 is 0. The Kier molecular flexibility index (Phi) is 2.13. The van der Waals surface area contributed by atoms with Gasteiger partial charge in [0.1, 0.15) is 0 Å². The van der Waals surface area contributed by atoms with Crippen LogP contribution in [0.1, 0.15) is 5.56 Å². The van der Waals surface area contributed by atoms with E-state index in [0.29, 0.717) is 12.1 Å². The van der Waals surface area contributed by atoms with Gasteiger partial charge in [-0.25, -0.2) is 4.79 Å². The van der Waals surface area contributed by atoms with Gasteiger partial charge in [0.25, 0.3) is 0 Å². The minimum absolute atomic E-state index is 0.159. The van der Waals surface area contributed by atoms with E-state index in [4.69, 9.17) is 5.11 Å². The molecule has 14 heavy (non-hydrogen) atoms. The predicted molar refractivity (Wildman–Crippen MR) is 51.5 cm³/mol. The molecule has 1 heterocycles. The van der Waals surface area contributed by atoms with Gasteiger partial charge in [-0.3, -0.25) is 4.90 Å². The minimum Gasteiger partial charge on any atom is -0.465 e. The summed E-state index contributed by atoms with van der Waals surface area (Å²) in [4.78, 5) is 12.1. The zero-order valence-corrected chi connectivity index (χ0v) is 7.55. The Labute approximate surface area is 81.4 Å². The summed E-state index contributed by atoms with van der Waals surface area (Å²) < 4.78 is 0. The molecule has 0 radical (unpaired) electrons. The predicted octanol–water partition coefficient (Wildman–Crippen LogP) is 1.09. The van der Waals surface area contributed by atoms with E-state index in [1.165, 1.54) is 4.90 Å². The molecule has 1 aliphatic rings. The highest BCUT2D eigenvalue weighted by Crippen LogP contribution is 2.26. The van der Waals surface area contributed by atoms with Gasteiger partial charge in [0.05, 0.1) is 18.3 Å². The van der Waals surface area contributed by atoms with Gasteiger partial charge in [-0.2, -0.15) is 0 Å². The number of benzene rings is 1. The largest absolute Gasteiger partial charge is 0.465 e. The van der Waals surface area contributed by atoms with Gasteiger partial charge in [-0.15, -0.1) is 0 Å². The number of nitrogens with zero attached hydrogens (tertiary/aromatic N) is 1. The van der Waals surface area contributed by atoms with Crippen LogP contribution in [0.5, 0.6) is 0 Å². The average Bonchev–Trinajstić information content (AvgIpc) is 2.16. The molecule has 1 amide bonds. The average molecular weight is 193 g/mol. The maximum absolute atomic E-state index is 10.9. The van der Waals surface area contributed by atoms with Gasteiger partial charge < -0.3 is 10.2 Å². The van der Waals surface area contributed by atoms with E-state index in [1.54, 1.807) is 12.1 Å². The molecule has 2 rings (SSSR count). The van der Waals surface area contributed by atoms with Gasteiger partial charge in [0.15, 0.2) is 0 Å². The van der Waals surface area contributed by atoms with Crippen molar-refractivity contribution in [3.8, 4) is 0 Å². The van der Waals surface area contributed by atoms with Crippen LogP contribution in [-0.4, -0.2) is 29.0 Å². The molecule has 0 saturated carbocycles. The highest BCUT2D eigenvalue weighted by molar-refractivity contribution is 5.87. The minimum atomic E-state index is -1.02. The fourth-order valence-corrected chi connectivity index (χ4v) is 1.76. The SMILES string of the molecule is O=C(O)N1C[C@@H](O)Cc2ccccc21. The Bertz CT molecular complexity index is 364. The van der Waals surface area contributed by atoms with Crippen LogP contribution in [0.15, 0.2) is 24.3 Å². The quantitative estimate of drug-likeness (QED) is 0.648. The second-order valence-electron chi connectivity index (χ2n) is 3.38. The smallest absolute Gasteiger partial charge is 0.411 e. The van der Waals surface area contributed by atoms with Gasteiger partial charge in [-0.05, 0) is 11.6 Å². The van der Waals surface area contributed by atoms with E-state index in [-0.39, 0.29) is 6.54 Å². The molecule has 0 saturated heterocycles. The summed E-state index contributed by atoms with van der Waals surface area (Å²) in [6.07, 6.45) is -1.09. The highest BCUT2D eigenvalue weighted by Gasteiger charge is 2.26. The van der Waals surface area contributed by atoms with Crippen molar-refractivity contribution < 1.29 is 15.0 Å². The molecule has 1 aromatic rings. The van der Waals surface area contributed by atoms with Crippen LogP contribution in [0.25, 0.3) is 0 Å². The lowest BCUT2D eigenvalue weighted by molar-refractivity contribution is 0.163. The topological polar surface area (TPSA) is 60.8 Å². The van der Waals surface area contributed by atoms with E-state index < -0.39 is 12.2 Å². The number of anilines is 1. The number of rotatable bonds is 0. The molecular formula is C10H11NO3. The van der Waals surface area contributed by atoms with Gasteiger partial charge in [-0.1, -0.05) is 18.2 Å². The number of carbonyl (C=O) groups is 1. The molecule has 1 atom stereocenters. The Hall–Kier alpha value is -1.55. The van der Waals surface area contributed by atoms with Crippen molar-refractivity contribution in [3.63, 3.8) is 0 Å². The van der Waals surface area contributed by atoms with Crippen molar-refractivity contribution in [2.45, 2.75) is 12.5 Å². The zero-order chi connectivity index (χ0) is 10.1. The molecule has 0 unspecified atom stereocenters. The fraction of sp³-hybridized carbons (Fsp3) is 0.300. The normalized spacial score (nSPS) is 20.4. The maximum Gasteiger partial charge on any atom is 0.411 e. The van der Waals surface area contributed by atoms with Gasteiger partial charge in [0.2, 0.25) is 0 Å². The molecule has 0 spiro atoms. The molecule has 0 bridgehead atoms. The van der Waals surface area contributed by atoms with Crippen LogP contribution in [-0.2, 0) is 6.42 Å². The zero-order valence-electron chi connectivity index (χ0n) is 7.55. The lowest BCUT2D eigenvalue weighted by Gasteiger charge is -2.30. The van der Waals surface area contributed by atoms with Crippen molar-refractivity contribution in [2.75, 3.05) is 11.4 Å². The number of amides is 1. The number of para-hydroxylation sites is 1. The van der Waals surface area contributed by atoms with Crippen molar-refractivity contribution in [1.82, 2.24) is 0 Å². The molecular weight excluding hydrogens is 182 g/mol. The van der Waals surface area contributed by atoms with Crippen LogP contribution in [0, 0.1) is 0 Å². The molecule has 74 valence electrons. The standard InChI is InChI=1S/C10H11NO3/c12-8-5-7-3-1-2-4-9(7)11(6-8)10(13)14/h1-4,8,12H,5-6H2,(H,13,14)/t8-/m0/s1. The molecule has 2 N–H and O–H groups in total. The van der Waals surface area contributed by atoms with Crippen molar-refractivity contribution >= 4 is 11.8 Å². The molecule has 0 aliphatic carbocycles. The first kappa shape index (κ1) is 9.02. The summed E-state index contributed by atoms with van der Waals surface area (Å²) in [6.45, 7) is 0.159. The molecule has 1 aliphatic heterocycles. The maximum atomic E-state index is 10.9. The number of carboxylic acid groups (broad SMARTS) is 1. The first-order valence-corrected chi connectivity index (χ1v) is 4.45. The third kappa shape index (κ3) is 1.44. The summed E-state index contributed by atoms with van der Waals surface area (Å²) in [7, 11) is 0. The highest BCUT2D eigenvalue weighted by atomic mass is 16.4. The van der Waals surface area contributed by atoms with E-state index >= 15 is 0 Å². The van der Waals surface area contributed by atoms with Crippen LogP contribution < -0.4 is 4.90 Å². The van der Waals surface area contributed by atoms with E-state index in [0.717, 1.165) is 5.56 Å². The van der Waals surface area contributed by atoms with Crippen molar-refractivity contribution in [2.24, 2.45) is 0 Å². The number of β-amino-alcohol motifs (C(OH)–C–C–N with tert-alkyl or cyclic N) is 1. The lowest BCUT2D eigenvalue weighted by atomic mass is 10.0. The Morgan fingerprint density at radius 3 is 2.86 bits per heavy atom. The van der Waals surface area contributed by atoms with Gasteiger partial charge in [0, 0.05) is 6.42 Å². The number of aliphatic hydroxyl groups excluding tert-OH is 1. The second kappa shape index (κ2) is 3.31. The van der Waals surface area contributed by atoms with E-state index in [9.17, 15) is 9.90 Å². The Morgan fingerprint density at radius 2 is 2.14 bits per heavy atom. The summed E-state index contributed by atoms with van der Waals surface area (Å²) in [6, 6.07) is 7.24. The van der Waals surface area contributed by atoms with E-state index in [2.05, 4.69) is 0 Å². The third-order valence-corrected chi connectivity index (χ3v) is 2.36. The number of hydrogen-bond acceptors (Lipinski definition) is 2. The van der Waals surface area contributed by atoms with Crippen LogP contribution in [0.2, 0.25) is 0 Å².